The SMILES string of the molecule is Cc1cc2c(C=CC(=O)O)cccc2o1. The minimum absolute atomic E-state index is 0.778. The third kappa shape index (κ3) is 1.91. The highest BCUT2D eigenvalue weighted by molar-refractivity contribution is 5.92. The number of aryl methyl sites for hydroxylation is 1. The molecule has 0 fully saturated rings. The second-order valence-electron chi connectivity index (χ2n) is 3.29. The van der Waals surface area contributed by atoms with Crippen molar-refractivity contribution < 1.29 is 14.3 Å². The van der Waals surface area contributed by atoms with Crippen LogP contribution in [-0.4, -0.2) is 11.1 Å². The number of fused-ring (bicyclic) bond motifs is 1. The quantitative estimate of drug-likeness (QED) is 0.762. The second kappa shape index (κ2) is 3.61. The highest BCUT2D eigenvalue weighted by Crippen LogP contribution is 2.23. The number of hydrogen-bond donors (Lipinski definition) is 1. The lowest BCUT2D eigenvalue weighted by Crippen LogP contribution is -1.85. The predicted molar refractivity (Wildman–Crippen MR) is 57.6 cm³/mol. The molecule has 0 aliphatic rings. The molecule has 2 rings (SSSR count). The molecule has 2 aromatic rings. The van der Waals surface area contributed by atoms with Crippen LogP contribution in [0, 0.1) is 6.92 Å². The predicted octanol–water partition coefficient (Wildman–Crippen LogP) is 2.84. The lowest BCUT2D eigenvalue weighted by Gasteiger charge is -1.93. The molecule has 1 aromatic heterocycles. The zero-order chi connectivity index (χ0) is 10.8. The fourth-order valence-electron chi connectivity index (χ4n) is 1.52. The number of carbonyl (C=O) groups is 1. The van der Waals surface area contributed by atoms with E-state index in [0.717, 1.165) is 28.4 Å². The first-order chi connectivity index (χ1) is 7.16. The molecular weight excluding hydrogens is 192 g/mol. The molecule has 0 aliphatic heterocycles. The van der Waals surface area contributed by atoms with Gasteiger partial charge in [0.25, 0.3) is 0 Å². The summed E-state index contributed by atoms with van der Waals surface area (Å²) >= 11 is 0. The lowest BCUT2D eigenvalue weighted by molar-refractivity contribution is -0.131. The van der Waals surface area contributed by atoms with E-state index in [9.17, 15) is 4.79 Å². The van der Waals surface area contributed by atoms with E-state index < -0.39 is 5.97 Å². The summed E-state index contributed by atoms with van der Waals surface area (Å²) in [4.78, 5) is 10.4. The summed E-state index contributed by atoms with van der Waals surface area (Å²) in [6.45, 7) is 1.87. The third-order valence-corrected chi connectivity index (χ3v) is 2.12. The van der Waals surface area contributed by atoms with Crippen molar-refractivity contribution in [1.82, 2.24) is 0 Å². The van der Waals surface area contributed by atoms with Gasteiger partial charge in [0.2, 0.25) is 0 Å². The van der Waals surface area contributed by atoms with Gasteiger partial charge in [0.15, 0.2) is 0 Å². The van der Waals surface area contributed by atoms with Crippen LogP contribution in [0.15, 0.2) is 34.8 Å². The normalized spacial score (nSPS) is 11.3. The van der Waals surface area contributed by atoms with Crippen molar-refractivity contribution in [2.24, 2.45) is 0 Å². The number of carboxylic acid groups (broad SMARTS) is 1. The molecule has 0 saturated heterocycles. The first kappa shape index (κ1) is 9.52. The van der Waals surface area contributed by atoms with Gasteiger partial charge in [0.05, 0.1) is 0 Å². The highest BCUT2D eigenvalue weighted by atomic mass is 16.4. The monoisotopic (exact) mass is 202 g/mol. The first-order valence-electron chi connectivity index (χ1n) is 4.57. The van der Waals surface area contributed by atoms with Gasteiger partial charge < -0.3 is 9.52 Å². The van der Waals surface area contributed by atoms with Crippen molar-refractivity contribution in [3.63, 3.8) is 0 Å². The molecule has 1 heterocycles. The van der Waals surface area contributed by atoms with Crippen LogP contribution in [0.4, 0.5) is 0 Å². The van der Waals surface area contributed by atoms with Gasteiger partial charge in [0.1, 0.15) is 11.3 Å². The molecule has 3 nitrogen and oxygen atoms in total. The smallest absolute Gasteiger partial charge is 0.328 e. The number of rotatable bonds is 2. The van der Waals surface area contributed by atoms with Crippen molar-refractivity contribution in [3.05, 3.63) is 41.7 Å². The molecule has 3 heteroatoms. The molecular formula is C12H10O3. The van der Waals surface area contributed by atoms with Gasteiger partial charge in [-0.3, -0.25) is 0 Å². The van der Waals surface area contributed by atoms with Crippen LogP contribution >= 0.6 is 0 Å². The number of hydrogen-bond acceptors (Lipinski definition) is 2. The van der Waals surface area contributed by atoms with E-state index in [1.54, 1.807) is 6.08 Å². The summed E-state index contributed by atoms with van der Waals surface area (Å²) in [5.74, 6) is -0.131. The number of aliphatic carboxylic acids is 1. The van der Waals surface area contributed by atoms with Crippen LogP contribution in [0.2, 0.25) is 0 Å². The Morgan fingerprint density at radius 3 is 3.00 bits per heavy atom. The van der Waals surface area contributed by atoms with E-state index in [0.29, 0.717) is 0 Å². The molecule has 0 atom stereocenters. The van der Waals surface area contributed by atoms with Gasteiger partial charge in [-0.1, -0.05) is 12.1 Å². The average molecular weight is 202 g/mol. The maximum atomic E-state index is 10.4. The van der Waals surface area contributed by atoms with E-state index in [1.807, 2.05) is 31.2 Å². The Kier molecular flexibility index (Phi) is 2.29. The van der Waals surface area contributed by atoms with Crippen molar-refractivity contribution in [2.75, 3.05) is 0 Å². The van der Waals surface area contributed by atoms with Gasteiger partial charge in [0, 0.05) is 11.5 Å². The van der Waals surface area contributed by atoms with Crippen LogP contribution in [0.3, 0.4) is 0 Å². The van der Waals surface area contributed by atoms with Gasteiger partial charge >= 0.3 is 5.97 Å². The summed E-state index contributed by atoms with van der Waals surface area (Å²) in [6, 6.07) is 7.46. The fraction of sp³-hybridized carbons (Fsp3) is 0.0833. The Hall–Kier alpha value is -2.03. The van der Waals surface area contributed by atoms with E-state index in [1.165, 1.54) is 0 Å². The molecule has 76 valence electrons. The highest BCUT2D eigenvalue weighted by Gasteiger charge is 2.03. The minimum Gasteiger partial charge on any atom is -0.478 e. The summed E-state index contributed by atoms with van der Waals surface area (Å²) in [6.07, 6.45) is 2.69. The number of carboxylic acids is 1. The van der Waals surface area contributed by atoms with Crippen LogP contribution in [0.5, 0.6) is 0 Å². The molecule has 0 bridgehead atoms. The van der Waals surface area contributed by atoms with Crippen molar-refractivity contribution in [1.29, 1.82) is 0 Å². The molecule has 15 heavy (non-hydrogen) atoms. The number of furan rings is 1. The van der Waals surface area contributed by atoms with Gasteiger partial charge in [-0.05, 0) is 30.7 Å². The molecule has 1 N–H and O–H groups in total. The van der Waals surface area contributed by atoms with Crippen LogP contribution in [0.1, 0.15) is 11.3 Å². The molecule has 0 unspecified atom stereocenters. The molecule has 1 aromatic carbocycles. The third-order valence-electron chi connectivity index (χ3n) is 2.12. The largest absolute Gasteiger partial charge is 0.478 e. The average Bonchev–Trinajstić information content (AvgIpc) is 2.55. The summed E-state index contributed by atoms with van der Waals surface area (Å²) < 4.78 is 5.43. The molecule has 0 saturated carbocycles. The number of benzene rings is 1. The van der Waals surface area contributed by atoms with E-state index >= 15 is 0 Å². The summed E-state index contributed by atoms with van der Waals surface area (Å²) in [5.41, 5.74) is 1.63. The summed E-state index contributed by atoms with van der Waals surface area (Å²) in [7, 11) is 0. The maximum absolute atomic E-state index is 10.4. The molecule has 0 aliphatic carbocycles. The summed E-state index contributed by atoms with van der Waals surface area (Å²) in [5, 5.41) is 9.48. The molecule has 0 radical (unpaired) electrons. The second-order valence-corrected chi connectivity index (χ2v) is 3.29. The van der Waals surface area contributed by atoms with Crippen molar-refractivity contribution >= 4 is 23.0 Å². The van der Waals surface area contributed by atoms with E-state index in [-0.39, 0.29) is 0 Å². The van der Waals surface area contributed by atoms with Crippen molar-refractivity contribution in [2.45, 2.75) is 6.92 Å². The topological polar surface area (TPSA) is 50.4 Å². The van der Waals surface area contributed by atoms with Crippen molar-refractivity contribution in [3.8, 4) is 0 Å². The van der Waals surface area contributed by atoms with Gasteiger partial charge in [-0.15, -0.1) is 0 Å². The Morgan fingerprint density at radius 2 is 2.27 bits per heavy atom. The van der Waals surface area contributed by atoms with E-state index in [2.05, 4.69) is 0 Å². The maximum Gasteiger partial charge on any atom is 0.328 e. The zero-order valence-corrected chi connectivity index (χ0v) is 8.23. The van der Waals surface area contributed by atoms with Crippen LogP contribution in [-0.2, 0) is 4.79 Å². The Morgan fingerprint density at radius 1 is 1.47 bits per heavy atom. The molecule has 0 amide bonds. The standard InChI is InChI=1S/C12H10O3/c1-8-7-10-9(5-6-12(13)14)3-2-4-11(10)15-8/h2-7H,1H3,(H,13,14). The fourth-order valence-corrected chi connectivity index (χ4v) is 1.52. The van der Waals surface area contributed by atoms with E-state index in [4.69, 9.17) is 9.52 Å². The van der Waals surface area contributed by atoms with Crippen LogP contribution in [0.25, 0.3) is 17.0 Å². The zero-order valence-electron chi connectivity index (χ0n) is 8.23. The Labute approximate surface area is 86.6 Å². The Bertz CT molecular complexity index is 535. The minimum atomic E-state index is -0.952. The van der Waals surface area contributed by atoms with Crippen LogP contribution < -0.4 is 0 Å². The lowest BCUT2D eigenvalue weighted by atomic mass is 10.1. The molecule has 0 spiro atoms. The van der Waals surface area contributed by atoms with Gasteiger partial charge in [-0.25, -0.2) is 4.79 Å². The first-order valence-corrected chi connectivity index (χ1v) is 4.57. The van der Waals surface area contributed by atoms with Gasteiger partial charge in [-0.2, -0.15) is 0 Å². The Balaban J connectivity index is 2.55.